The van der Waals surface area contributed by atoms with E-state index in [1.807, 2.05) is 0 Å². The van der Waals surface area contributed by atoms with Gasteiger partial charge in [-0.25, -0.2) is 4.79 Å². The number of anilines is 1. The lowest BCUT2D eigenvalue weighted by molar-refractivity contribution is -0.145. The van der Waals surface area contributed by atoms with E-state index in [1.165, 1.54) is 0 Å². The SMILES string of the molecule is NC(=O)CCC(C(=O)O)N1C(=O)/C(=C2/C(=O)N(CC(=O)O)c3ccccc32)SC1=S. The van der Waals surface area contributed by atoms with Gasteiger partial charge >= 0.3 is 11.9 Å². The molecule has 1 fully saturated rings. The first-order chi connectivity index (χ1) is 14.1. The van der Waals surface area contributed by atoms with Gasteiger partial charge in [0.25, 0.3) is 11.8 Å². The molecule has 2 aliphatic rings. The van der Waals surface area contributed by atoms with E-state index in [0.717, 1.165) is 21.6 Å². The Morgan fingerprint density at radius 1 is 1.13 bits per heavy atom. The van der Waals surface area contributed by atoms with Gasteiger partial charge in [0.1, 0.15) is 16.9 Å². The number of fused-ring (bicyclic) bond motifs is 1. The van der Waals surface area contributed by atoms with E-state index >= 15 is 0 Å². The highest BCUT2D eigenvalue weighted by Crippen LogP contribution is 2.45. The van der Waals surface area contributed by atoms with Crippen LogP contribution in [0.1, 0.15) is 18.4 Å². The average molecular weight is 449 g/mol. The van der Waals surface area contributed by atoms with Crippen LogP contribution < -0.4 is 10.6 Å². The molecule has 1 unspecified atom stereocenters. The molecule has 4 N–H and O–H groups in total. The lowest BCUT2D eigenvalue weighted by atomic mass is 10.1. The molecule has 1 aromatic carbocycles. The van der Waals surface area contributed by atoms with Crippen molar-refractivity contribution >= 4 is 69.2 Å². The second-order valence-electron chi connectivity index (χ2n) is 6.41. The zero-order chi connectivity index (χ0) is 22.2. The van der Waals surface area contributed by atoms with Crippen molar-refractivity contribution in [3.05, 3.63) is 34.7 Å². The summed E-state index contributed by atoms with van der Waals surface area (Å²) >= 11 is 5.94. The number of benzene rings is 1. The molecular weight excluding hydrogens is 434 g/mol. The Morgan fingerprint density at radius 3 is 2.40 bits per heavy atom. The highest BCUT2D eigenvalue weighted by atomic mass is 32.2. The fraction of sp³-hybridized carbons (Fsp3) is 0.222. The topological polar surface area (TPSA) is 158 Å². The minimum atomic E-state index is -1.43. The molecule has 3 rings (SSSR count). The predicted molar refractivity (Wildman–Crippen MR) is 110 cm³/mol. The number of hydrogen-bond donors (Lipinski definition) is 3. The number of amides is 3. The molecule has 30 heavy (non-hydrogen) atoms. The van der Waals surface area contributed by atoms with Crippen molar-refractivity contribution in [1.82, 2.24) is 4.90 Å². The van der Waals surface area contributed by atoms with Crippen molar-refractivity contribution in [2.24, 2.45) is 5.73 Å². The third kappa shape index (κ3) is 3.78. The van der Waals surface area contributed by atoms with Crippen LogP contribution in [0, 0.1) is 0 Å². The summed E-state index contributed by atoms with van der Waals surface area (Å²) in [4.78, 5) is 61.8. The van der Waals surface area contributed by atoms with E-state index in [4.69, 9.17) is 23.1 Å². The van der Waals surface area contributed by atoms with Gasteiger partial charge in [0, 0.05) is 12.0 Å². The van der Waals surface area contributed by atoms with Gasteiger partial charge in [-0.3, -0.25) is 29.0 Å². The molecule has 0 bridgehead atoms. The first-order valence-corrected chi connectivity index (χ1v) is 9.79. The van der Waals surface area contributed by atoms with Crippen LogP contribution in [0.5, 0.6) is 0 Å². The van der Waals surface area contributed by atoms with Crippen LogP contribution in [0.2, 0.25) is 0 Å². The third-order valence-electron chi connectivity index (χ3n) is 4.50. The predicted octanol–water partition coefficient (Wildman–Crippen LogP) is 0.408. The lowest BCUT2D eigenvalue weighted by Crippen LogP contribution is -2.44. The van der Waals surface area contributed by atoms with E-state index < -0.39 is 42.2 Å². The van der Waals surface area contributed by atoms with Crippen LogP contribution in [0.4, 0.5) is 5.69 Å². The van der Waals surface area contributed by atoms with Gasteiger partial charge in [-0.05, 0) is 12.5 Å². The molecule has 156 valence electrons. The van der Waals surface area contributed by atoms with E-state index in [9.17, 15) is 29.1 Å². The maximum absolute atomic E-state index is 13.1. The van der Waals surface area contributed by atoms with Crippen molar-refractivity contribution in [2.45, 2.75) is 18.9 Å². The number of rotatable bonds is 7. The average Bonchev–Trinajstić information content (AvgIpc) is 3.09. The summed E-state index contributed by atoms with van der Waals surface area (Å²) in [5, 5.41) is 18.6. The first-order valence-electron chi connectivity index (χ1n) is 8.57. The Balaban J connectivity index is 2.05. The Hall–Kier alpha value is -3.25. The highest BCUT2D eigenvalue weighted by Gasteiger charge is 2.45. The zero-order valence-electron chi connectivity index (χ0n) is 15.2. The number of nitrogens with two attached hydrogens (primary N) is 1. The van der Waals surface area contributed by atoms with Crippen molar-refractivity contribution in [2.75, 3.05) is 11.4 Å². The summed E-state index contributed by atoms with van der Waals surface area (Å²) in [7, 11) is 0. The number of aliphatic carboxylic acids is 2. The van der Waals surface area contributed by atoms with E-state index in [-0.39, 0.29) is 27.6 Å². The third-order valence-corrected chi connectivity index (χ3v) is 5.90. The number of carboxylic acid groups (broad SMARTS) is 2. The number of carbonyl (C=O) groups is 5. The van der Waals surface area contributed by atoms with Gasteiger partial charge in [-0.15, -0.1) is 0 Å². The molecule has 1 aromatic rings. The Labute approximate surface area is 179 Å². The summed E-state index contributed by atoms with van der Waals surface area (Å²) in [5.74, 6) is -4.82. The molecule has 2 heterocycles. The van der Waals surface area contributed by atoms with Gasteiger partial charge in [-0.1, -0.05) is 42.2 Å². The van der Waals surface area contributed by atoms with Crippen LogP contribution in [0.3, 0.4) is 0 Å². The van der Waals surface area contributed by atoms with Crippen LogP contribution in [-0.4, -0.2) is 61.7 Å². The number of thiocarbonyl (C=S) groups is 1. The Kier molecular flexibility index (Phi) is 5.89. The van der Waals surface area contributed by atoms with Gasteiger partial charge in [-0.2, -0.15) is 0 Å². The Morgan fingerprint density at radius 2 is 1.80 bits per heavy atom. The maximum Gasteiger partial charge on any atom is 0.326 e. The van der Waals surface area contributed by atoms with Gasteiger partial charge in [0.15, 0.2) is 0 Å². The molecule has 0 spiro atoms. The van der Waals surface area contributed by atoms with Crippen molar-refractivity contribution in [3.8, 4) is 0 Å². The minimum Gasteiger partial charge on any atom is -0.480 e. The Bertz CT molecular complexity index is 1040. The fourth-order valence-corrected chi connectivity index (χ4v) is 4.66. The van der Waals surface area contributed by atoms with Crippen molar-refractivity contribution in [3.63, 3.8) is 0 Å². The van der Waals surface area contributed by atoms with E-state index in [2.05, 4.69) is 0 Å². The quantitative estimate of drug-likeness (QED) is 0.396. The van der Waals surface area contributed by atoms with Gasteiger partial charge < -0.3 is 15.9 Å². The smallest absolute Gasteiger partial charge is 0.326 e. The second-order valence-corrected chi connectivity index (χ2v) is 8.05. The molecule has 2 aliphatic heterocycles. The molecule has 0 aromatic heterocycles. The van der Waals surface area contributed by atoms with Gasteiger partial charge in [0.2, 0.25) is 5.91 Å². The van der Waals surface area contributed by atoms with Crippen LogP contribution in [-0.2, 0) is 24.0 Å². The standard InChI is InChI=1S/C18H15N3O7S2/c19-11(22)6-5-10(17(27)28)21-16(26)14(30-18(21)29)13-8-3-1-2-4-9(8)20(15(13)25)7-12(23)24/h1-4,10H,5-7H2,(H2,19,22)(H,23,24)(H,27,28)/b14-13-. The van der Waals surface area contributed by atoms with Crippen LogP contribution >= 0.6 is 24.0 Å². The first kappa shape index (κ1) is 21.5. The minimum absolute atomic E-state index is 0.0364. The lowest BCUT2D eigenvalue weighted by Gasteiger charge is -2.22. The largest absolute Gasteiger partial charge is 0.480 e. The number of para-hydroxylation sites is 1. The molecule has 0 radical (unpaired) electrons. The molecule has 10 nitrogen and oxygen atoms in total. The number of nitrogens with zero attached hydrogens (tertiary/aromatic N) is 2. The van der Waals surface area contributed by atoms with Crippen LogP contribution in [0.15, 0.2) is 29.2 Å². The van der Waals surface area contributed by atoms with E-state index in [1.54, 1.807) is 24.3 Å². The summed E-state index contributed by atoms with van der Waals surface area (Å²) in [6.45, 7) is -0.601. The summed E-state index contributed by atoms with van der Waals surface area (Å²) < 4.78 is -0.0821. The monoisotopic (exact) mass is 449 g/mol. The number of primary amides is 1. The number of carboxylic acids is 2. The molecule has 12 heteroatoms. The summed E-state index contributed by atoms with van der Waals surface area (Å²) in [6, 6.07) is 4.95. The normalized spacial score (nSPS) is 19.3. The second kappa shape index (κ2) is 8.24. The zero-order valence-corrected chi connectivity index (χ0v) is 16.9. The molecule has 1 atom stereocenters. The molecule has 1 saturated heterocycles. The highest BCUT2D eigenvalue weighted by molar-refractivity contribution is 8.26. The molecule has 3 amide bonds. The van der Waals surface area contributed by atoms with Crippen LogP contribution in [0.25, 0.3) is 5.57 Å². The number of carbonyl (C=O) groups excluding carboxylic acids is 3. The van der Waals surface area contributed by atoms with Crippen molar-refractivity contribution in [1.29, 1.82) is 0 Å². The number of hydrogen-bond acceptors (Lipinski definition) is 7. The van der Waals surface area contributed by atoms with Crippen molar-refractivity contribution < 1.29 is 34.2 Å². The number of thioether (sulfide) groups is 1. The fourth-order valence-electron chi connectivity index (χ4n) is 3.23. The summed E-state index contributed by atoms with van der Waals surface area (Å²) in [5.41, 5.74) is 5.73. The van der Waals surface area contributed by atoms with E-state index in [0.29, 0.717) is 11.3 Å². The summed E-state index contributed by atoms with van der Waals surface area (Å²) in [6.07, 6.45) is -0.510. The molecule has 0 aliphatic carbocycles. The molecule has 0 saturated carbocycles. The maximum atomic E-state index is 13.1. The molecular formula is C18H15N3O7S2. The van der Waals surface area contributed by atoms with Gasteiger partial charge in [0.05, 0.1) is 16.2 Å².